The molecule has 0 aliphatic carbocycles. The van der Waals surface area contributed by atoms with E-state index >= 15 is 0 Å². The molecule has 1 rings (SSSR count). The van der Waals surface area contributed by atoms with E-state index in [0.29, 0.717) is 10.2 Å². The van der Waals surface area contributed by atoms with E-state index in [1.54, 1.807) is 18.2 Å². The van der Waals surface area contributed by atoms with Crippen LogP contribution in [-0.4, -0.2) is 34.9 Å². The van der Waals surface area contributed by atoms with Gasteiger partial charge in [0.1, 0.15) is 0 Å². The number of carboxylic acid groups (broad SMARTS) is 1. The van der Waals surface area contributed by atoms with Gasteiger partial charge in [0.05, 0.1) is 12.3 Å². The molecule has 0 heterocycles. The van der Waals surface area contributed by atoms with Crippen molar-refractivity contribution in [3.63, 3.8) is 0 Å². The number of urea groups is 1. The van der Waals surface area contributed by atoms with Gasteiger partial charge in [-0.05, 0) is 34.1 Å². The molecule has 2 amide bonds. The maximum Gasteiger partial charge on any atom is 0.328 e. The SMILES string of the molecule is O=C(Nc1cc(Br)ccc1Br)N[C@@H](CO)C(=O)O. The summed E-state index contributed by atoms with van der Waals surface area (Å²) in [6.45, 7) is -0.678. The molecule has 98 valence electrons. The lowest BCUT2D eigenvalue weighted by atomic mass is 10.3. The number of carbonyl (C=O) groups excluding carboxylic acids is 1. The van der Waals surface area contributed by atoms with Gasteiger partial charge in [0.15, 0.2) is 6.04 Å². The monoisotopic (exact) mass is 380 g/mol. The molecule has 0 aliphatic heterocycles. The van der Waals surface area contributed by atoms with Gasteiger partial charge in [-0.1, -0.05) is 15.9 Å². The van der Waals surface area contributed by atoms with E-state index in [9.17, 15) is 9.59 Å². The molecule has 1 atom stereocenters. The number of halogens is 2. The Hall–Kier alpha value is -1.12. The Kier molecular flexibility index (Phi) is 5.57. The number of rotatable bonds is 4. The number of nitrogens with one attached hydrogen (secondary N) is 2. The zero-order valence-corrected chi connectivity index (χ0v) is 12.2. The number of aliphatic hydroxyl groups excluding tert-OH is 1. The van der Waals surface area contributed by atoms with Crippen molar-refractivity contribution in [2.24, 2.45) is 0 Å². The normalized spacial score (nSPS) is 11.7. The quantitative estimate of drug-likeness (QED) is 0.638. The van der Waals surface area contributed by atoms with Gasteiger partial charge < -0.3 is 20.8 Å². The van der Waals surface area contributed by atoms with Crippen LogP contribution in [0.4, 0.5) is 10.5 Å². The van der Waals surface area contributed by atoms with E-state index in [1.165, 1.54) is 0 Å². The molecule has 0 aliphatic rings. The lowest BCUT2D eigenvalue weighted by Crippen LogP contribution is -2.45. The first-order chi connectivity index (χ1) is 8.43. The topological polar surface area (TPSA) is 98.7 Å². The summed E-state index contributed by atoms with van der Waals surface area (Å²) in [5.41, 5.74) is 0.476. The number of anilines is 1. The number of hydrogen-bond acceptors (Lipinski definition) is 3. The molecule has 0 fully saturated rings. The summed E-state index contributed by atoms with van der Waals surface area (Å²) in [6, 6.07) is 3.10. The van der Waals surface area contributed by atoms with Crippen LogP contribution in [0, 0.1) is 0 Å². The number of aliphatic hydroxyl groups is 1. The largest absolute Gasteiger partial charge is 0.480 e. The molecule has 6 nitrogen and oxygen atoms in total. The summed E-state index contributed by atoms with van der Waals surface area (Å²) < 4.78 is 1.41. The molecule has 1 aromatic carbocycles. The Bertz CT molecular complexity index is 467. The highest BCUT2D eigenvalue weighted by molar-refractivity contribution is 9.11. The van der Waals surface area contributed by atoms with Gasteiger partial charge in [-0.25, -0.2) is 9.59 Å². The maximum atomic E-state index is 11.5. The second-order valence-electron chi connectivity index (χ2n) is 3.30. The van der Waals surface area contributed by atoms with Gasteiger partial charge >= 0.3 is 12.0 Å². The first-order valence-corrected chi connectivity index (χ1v) is 6.39. The summed E-state index contributed by atoms with van der Waals surface area (Å²) in [5.74, 6) is -1.30. The molecular formula is C10H10Br2N2O4. The second-order valence-corrected chi connectivity index (χ2v) is 5.07. The van der Waals surface area contributed by atoms with Crippen molar-refractivity contribution in [1.82, 2.24) is 5.32 Å². The van der Waals surface area contributed by atoms with Crippen LogP contribution in [0.1, 0.15) is 0 Å². The number of carbonyl (C=O) groups is 2. The van der Waals surface area contributed by atoms with Gasteiger partial charge in [-0.15, -0.1) is 0 Å². The lowest BCUT2D eigenvalue weighted by molar-refractivity contribution is -0.140. The van der Waals surface area contributed by atoms with Gasteiger partial charge in [-0.2, -0.15) is 0 Å². The molecule has 0 spiro atoms. The average molecular weight is 382 g/mol. The molecule has 4 N–H and O–H groups in total. The Balaban J connectivity index is 2.70. The smallest absolute Gasteiger partial charge is 0.328 e. The van der Waals surface area contributed by atoms with E-state index < -0.39 is 24.6 Å². The van der Waals surface area contributed by atoms with Crippen LogP contribution in [0.15, 0.2) is 27.1 Å². The zero-order valence-electron chi connectivity index (χ0n) is 8.98. The lowest BCUT2D eigenvalue weighted by Gasteiger charge is -2.13. The van der Waals surface area contributed by atoms with Crippen molar-refractivity contribution < 1.29 is 19.8 Å². The Morgan fingerprint density at radius 3 is 2.56 bits per heavy atom. The van der Waals surface area contributed by atoms with E-state index in [-0.39, 0.29) is 0 Å². The van der Waals surface area contributed by atoms with Gasteiger partial charge in [-0.3, -0.25) is 0 Å². The van der Waals surface area contributed by atoms with Crippen molar-refractivity contribution in [3.05, 3.63) is 27.1 Å². The minimum atomic E-state index is -1.34. The van der Waals surface area contributed by atoms with Gasteiger partial charge in [0.2, 0.25) is 0 Å². The average Bonchev–Trinajstić information content (AvgIpc) is 2.30. The molecule has 0 saturated heterocycles. The summed E-state index contributed by atoms with van der Waals surface area (Å²) in [5, 5.41) is 22.0. The number of carboxylic acids is 1. The third-order valence-corrected chi connectivity index (χ3v) is 3.15. The molecule has 0 radical (unpaired) electrons. The third-order valence-electron chi connectivity index (χ3n) is 1.96. The molecule has 0 aromatic heterocycles. The minimum absolute atomic E-state index is 0.476. The Morgan fingerprint density at radius 2 is 2.00 bits per heavy atom. The summed E-state index contributed by atoms with van der Waals surface area (Å²) in [4.78, 5) is 22.1. The number of aliphatic carboxylic acids is 1. The van der Waals surface area contributed by atoms with E-state index in [1.807, 2.05) is 0 Å². The van der Waals surface area contributed by atoms with Crippen LogP contribution >= 0.6 is 31.9 Å². The summed E-state index contributed by atoms with van der Waals surface area (Å²) in [6.07, 6.45) is 0. The van der Waals surface area contributed by atoms with Crippen LogP contribution in [0.25, 0.3) is 0 Å². The van der Waals surface area contributed by atoms with Crippen molar-refractivity contribution in [3.8, 4) is 0 Å². The Morgan fingerprint density at radius 1 is 1.33 bits per heavy atom. The molecule has 0 bridgehead atoms. The van der Waals surface area contributed by atoms with E-state index in [4.69, 9.17) is 10.2 Å². The van der Waals surface area contributed by atoms with Gasteiger partial charge in [0.25, 0.3) is 0 Å². The van der Waals surface area contributed by atoms with E-state index in [2.05, 4.69) is 42.5 Å². The molecule has 8 heteroatoms. The van der Waals surface area contributed by atoms with E-state index in [0.717, 1.165) is 4.47 Å². The van der Waals surface area contributed by atoms with Crippen LogP contribution in [0.2, 0.25) is 0 Å². The maximum absolute atomic E-state index is 11.5. The molecule has 18 heavy (non-hydrogen) atoms. The molecule has 0 unspecified atom stereocenters. The third kappa shape index (κ3) is 4.28. The number of amides is 2. The van der Waals surface area contributed by atoms with Crippen molar-refractivity contribution in [2.75, 3.05) is 11.9 Å². The molecular weight excluding hydrogens is 372 g/mol. The molecule has 0 saturated carbocycles. The Labute approximate surface area is 120 Å². The highest BCUT2D eigenvalue weighted by Crippen LogP contribution is 2.25. The predicted octanol–water partition coefficient (Wildman–Crippen LogP) is 1.78. The van der Waals surface area contributed by atoms with Crippen molar-refractivity contribution in [2.45, 2.75) is 6.04 Å². The fraction of sp³-hybridized carbons (Fsp3) is 0.200. The first kappa shape index (κ1) is 14.9. The standard InChI is InChI=1S/C10H10Br2N2O4/c11-5-1-2-6(12)7(3-5)13-10(18)14-8(4-15)9(16)17/h1-3,8,15H,4H2,(H,16,17)(H2,13,14,18)/t8-/m0/s1. The predicted molar refractivity (Wildman–Crippen MR) is 72.5 cm³/mol. The summed E-state index contributed by atoms with van der Waals surface area (Å²) >= 11 is 6.49. The van der Waals surface area contributed by atoms with Crippen LogP contribution < -0.4 is 10.6 Å². The first-order valence-electron chi connectivity index (χ1n) is 4.80. The van der Waals surface area contributed by atoms with Gasteiger partial charge in [0, 0.05) is 8.95 Å². The highest BCUT2D eigenvalue weighted by Gasteiger charge is 2.18. The summed E-state index contributed by atoms with van der Waals surface area (Å²) in [7, 11) is 0. The number of hydrogen-bond donors (Lipinski definition) is 4. The highest BCUT2D eigenvalue weighted by atomic mass is 79.9. The second kappa shape index (κ2) is 6.72. The zero-order chi connectivity index (χ0) is 13.7. The van der Waals surface area contributed by atoms with Crippen molar-refractivity contribution >= 4 is 49.5 Å². The number of benzene rings is 1. The molecule has 1 aromatic rings. The minimum Gasteiger partial charge on any atom is -0.480 e. The van der Waals surface area contributed by atoms with Crippen molar-refractivity contribution in [1.29, 1.82) is 0 Å². The van der Waals surface area contributed by atoms with Crippen LogP contribution in [0.5, 0.6) is 0 Å². The fourth-order valence-corrected chi connectivity index (χ4v) is 1.80. The van der Waals surface area contributed by atoms with Crippen LogP contribution in [-0.2, 0) is 4.79 Å². The van der Waals surface area contributed by atoms with Crippen LogP contribution in [0.3, 0.4) is 0 Å². The fourth-order valence-electron chi connectivity index (χ4n) is 1.10.